The largest absolute Gasteiger partial charge is 0.456 e. The quantitative estimate of drug-likeness (QED) is 0.272. The molecule has 0 bridgehead atoms. The van der Waals surface area contributed by atoms with Crippen LogP contribution in [0.25, 0.3) is 43.5 Å². The molecule has 0 saturated carbocycles. The number of rotatable bonds is 4. The van der Waals surface area contributed by atoms with Gasteiger partial charge in [-0.15, -0.1) is 0 Å². The normalized spacial score (nSPS) is 11.5. The Morgan fingerprint density at radius 3 is 1.58 bits per heavy atom. The molecule has 0 aliphatic heterocycles. The van der Waals surface area contributed by atoms with Gasteiger partial charge in [-0.2, -0.15) is 0 Å². The minimum Gasteiger partial charge on any atom is -0.456 e. The van der Waals surface area contributed by atoms with Crippen molar-refractivity contribution in [1.82, 2.24) is 0 Å². The molecule has 0 radical (unpaired) electrons. The summed E-state index contributed by atoms with van der Waals surface area (Å²) in [4.78, 5) is 0. The van der Waals surface area contributed by atoms with Crippen molar-refractivity contribution in [2.75, 3.05) is 10.6 Å². The molecule has 0 spiro atoms. The van der Waals surface area contributed by atoms with E-state index in [1.807, 2.05) is 36.4 Å². The van der Waals surface area contributed by atoms with Crippen LogP contribution >= 0.6 is 0 Å². The first-order valence-electron chi connectivity index (χ1n) is 12.2. The first-order valence-corrected chi connectivity index (χ1v) is 12.2. The van der Waals surface area contributed by atoms with Gasteiger partial charge in [0.1, 0.15) is 11.2 Å². The van der Waals surface area contributed by atoms with Gasteiger partial charge in [-0.25, -0.2) is 0 Å². The number of benzene rings is 6. The van der Waals surface area contributed by atoms with Gasteiger partial charge in [0.05, 0.1) is 11.4 Å². The molecular weight excluding hydrogens is 440 g/mol. The Bertz CT molecular complexity index is 1890. The molecule has 3 nitrogen and oxygen atoms in total. The fraction of sp³-hybridized carbons (Fsp3) is 0.0303. The van der Waals surface area contributed by atoms with E-state index < -0.39 is 0 Å². The van der Waals surface area contributed by atoms with Crippen LogP contribution in [0.15, 0.2) is 120 Å². The lowest BCUT2D eigenvalue weighted by Crippen LogP contribution is -1.92. The molecule has 7 aromatic rings. The van der Waals surface area contributed by atoms with Crippen LogP contribution in [-0.4, -0.2) is 0 Å². The predicted octanol–water partition coefficient (Wildman–Crippen LogP) is 9.69. The summed E-state index contributed by atoms with van der Waals surface area (Å²) in [5.74, 6) is 0. The van der Waals surface area contributed by atoms with Crippen LogP contribution in [0.5, 0.6) is 0 Å². The van der Waals surface area contributed by atoms with Crippen molar-refractivity contribution in [2.45, 2.75) is 6.92 Å². The summed E-state index contributed by atoms with van der Waals surface area (Å²) in [7, 11) is 0. The summed E-state index contributed by atoms with van der Waals surface area (Å²) in [5.41, 5.74) is 7.15. The van der Waals surface area contributed by atoms with E-state index >= 15 is 0 Å². The van der Waals surface area contributed by atoms with Crippen LogP contribution in [0.1, 0.15) is 5.56 Å². The van der Waals surface area contributed by atoms with Gasteiger partial charge in [0.15, 0.2) is 0 Å². The van der Waals surface area contributed by atoms with Gasteiger partial charge in [0.25, 0.3) is 0 Å². The number of anilines is 4. The van der Waals surface area contributed by atoms with E-state index in [-0.39, 0.29) is 0 Å². The van der Waals surface area contributed by atoms with Gasteiger partial charge in [0, 0.05) is 45.1 Å². The third-order valence-electron chi connectivity index (χ3n) is 6.84. The number of para-hydroxylation sites is 2. The Hall–Kier alpha value is -4.76. The fourth-order valence-electron chi connectivity index (χ4n) is 5.22. The fourth-order valence-corrected chi connectivity index (χ4v) is 5.22. The average molecular weight is 465 g/mol. The van der Waals surface area contributed by atoms with Crippen molar-refractivity contribution in [3.8, 4) is 0 Å². The molecule has 1 aromatic heterocycles. The van der Waals surface area contributed by atoms with E-state index in [0.29, 0.717) is 0 Å². The summed E-state index contributed by atoms with van der Waals surface area (Å²) in [6.07, 6.45) is 0. The monoisotopic (exact) mass is 464 g/mol. The highest BCUT2D eigenvalue weighted by Gasteiger charge is 2.18. The second kappa shape index (κ2) is 8.17. The predicted molar refractivity (Wildman–Crippen MR) is 153 cm³/mol. The number of nitrogens with one attached hydrogen (secondary N) is 2. The Kier molecular flexibility index (Phi) is 4.68. The number of hydrogen-bond acceptors (Lipinski definition) is 3. The standard InChI is InChI=1S/C33H24N2O/c1-21-16-17-26-27(18-21)29(35-23-12-6-3-7-13-23)20-31-33(26)32-25-15-9-8-14-24(25)28(19-30(32)36-31)34-22-10-4-2-5-11-22/h2-20,34-35H,1H3. The molecule has 172 valence electrons. The topological polar surface area (TPSA) is 37.2 Å². The van der Waals surface area contributed by atoms with Gasteiger partial charge >= 0.3 is 0 Å². The van der Waals surface area contributed by atoms with E-state index in [9.17, 15) is 0 Å². The Labute approximate surface area is 209 Å². The van der Waals surface area contributed by atoms with E-state index in [1.165, 1.54) is 27.1 Å². The molecule has 0 aliphatic rings. The van der Waals surface area contributed by atoms with Gasteiger partial charge in [0.2, 0.25) is 0 Å². The van der Waals surface area contributed by atoms with Crippen LogP contribution in [0.4, 0.5) is 22.7 Å². The minimum atomic E-state index is 0.876. The maximum Gasteiger partial charge on any atom is 0.138 e. The molecule has 1 heterocycles. The first kappa shape index (κ1) is 20.6. The molecule has 0 fully saturated rings. The van der Waals surface area contributed by atoms with Crippen LogP contribution in [0, 0.1) is 6.92 Å². The lowest BCUT2D eigenvalue weighted by Gasteiger charge is -2.12. The van der Waals surface area contributed by atoms with Crippen molar-refractivity contribution >= 4 is 66.2 Å². The summed E-state index contributed by atoms with van der Waals surface area (Å²) in [6.45, 7) is 2.14. The second-order valence-electron chi connectivity index (χ2n) is 9.27. The average Bonchev–Trinajstić information content (AvgIpc) is 3.28. The highest BCUT2D eigenvalue weighted by molar-refractivity contribution is 6.29. The SMILES string of the molecule is Cc1ccc2c(c1)c(Nc1ccccc1)cc1oc3cc(Nc4ccccc4)c4ccccc4c3c12. The van der Waals surface area contributed by atoms with E-state index in [0.717, 1.165) is 44.7 Å². The summed E-state index contributed by atoms with van der Waals surface area (Å²) in [6, 6.07) is 40.1. The Morgan fingerprint density at radius 1 is 0.472 bits per heavy atom. The zero-order valence-corrected chi connectivity index (χ0v) is 19.9. The third kappa shape index (κ3) is 3.37. The Morgan fingerprint density at radius 2 is 0.972 bits per heavy atom. The van der Waals surface area contributed by atoms with Crippen molar-refractivity contribution in [2.24, 2.45) is 0 Å². The summed E-state index contributed by atoms with van der Waals surface area (Å²) >= 11 is 0. The van der Waals surface area contributed by atoms with Crippen LogP contribution in [-0.2, 0) is 0 Å². The smallest absolute Gasteiger partial charge is 0.138 e. The zero-order valence-electron chi connectivity index (χ0n) is 19.9. The van der Waals surface area contributed by atoms with Crippen LogP contribution in [0.2, 0.25) is 0 Å². The van der Waals surface area contributed by atoms with Gasteiger partial charge in [-0.3, -0.25) is 0 Å². The molecule has 0 saturated heterocycles. The van der Waals surface area contributed by atoms with Crippen LogP contribution < -0.4 is 10.6 Å². The number of aryl methyl sites for hydroxylation is 1. The van der Waals surface area contributed by atoms with Crippen molar-refractivity contribution in [3.05, 3.63) is 121 Å². The van der Waals surface area contributed by atoms with Crippen LogP contribution in [0.3, 0.4) is 0 Å². The molecule has 36 heavy (non-hydrogen) atoms. The maximum absolute atomic E-state index is 6.58. The van der Waals surface area contributed by atoms with E-state index in [4.69, 9.17) is 4.42 Å². The lowest BCUT2D eigenvalue weighted by atomic mass is 9.97. The number of furan rings is 1. The summed E-state index contributed by atoms with van der Waals surface area (Å²) in [5, 5.41) is 14.2. The molecule has 0 amide bonds. The minimum absolute atomic E-state index is 0.876. The van der Waals surface area contributed by atoms with E-state index in [1.54, 1.807) is 0 Å². The molecular formula is C33H24N2O. The molecule has 0 atom stereocenters. The molecule has 2 N–H and O–H groups in total. The zero-order chi connectivity index (χ0) is 24.1. The van der Waals surface area contributed by atoms with Gasteiger partial charge < -0.3 is 15.1 Å². The molecule has 6 aromatic carbocycles. The number of hydrogen-bond donors (Lipinski definition) is 2. The third-order valence-corrected chi connectivity index (χ3v) is 6.84. The Balaban J connectivity index is 1.53. The molecule has 3 heteroatoms. The van der Waals surface area contributed by atoms with Gasteiger partial charge in [-0.05, 0) is 48.0 Å². The van der Waals surface area contributed by atoms with Gasteiger partial charge in [-0.1, -0.05) is 78.4 Å². The molecule has 7 rings (SSSR count). The second-order valence-corrected chi connectivity index (χ2v) is 9.27. The first-order chi connectivity index (χ1) is 17.7. The molecule has 0 unspecified atom stereocenters. The highest BCUT2D eigenvalue weighted by Crippen LogP contribution is 2.44. The van der Waals surface area contributed by atoms with Crippen molar-refractivity contribution in [1.29, 1.82) is 0 Å². The lowest BCUT2D eigenvalue weighted by molar-refractivity contribution is 0.670. The maximum atomic E-state index is 6.58. The summed E-state index contributed by atoms with van der Waals surface area (Å²) < 4.78 is 6.58. The number of fused-ring (bicyclic) bond motifs is 7. The highest BCUT2D eigenvalue weighted by atomic mass is 16.3. The van der Waals surface area contributed by atoms with Crippen molar-refractivity contribution in [3.63, 3.8) is 0 Å². The molecule has 0 aliphatic carbocycles. The van der Waals surface area contributed by atoms with Crippen molar-refractivity contribution < 1.29 is 4.42 Å². The van der Waals surface area contributed by atoms with E-state index in [2.05, 4.69) is 96.4 Å².